The van der Waals surface area contributed by atoms with Crippen LogP contribution in [-0.4, -0.2) is 19.9 Å². The van der Waals surface area contributed by atoms with E-state index in [1.165, 1.54) is 19.3 Å². The van der Waals surface area contributed by atoms with Crippen molar-refractivity contribution in [3.8, 4) is 0 Å². The smallest absolute Gasteiger partial charge is 0.241 e. The maximum absolute atomic E-state index is 11.7. The molecule has 0 spiro atoms. The van der Waals surface area contributed by atoms with Crippen LogP contribution in [0.4, 0.5) is 5.82 Å². The number of nitrogens with zero attached hydrogens (tertiary/aromatic N) is 1. The lowest BCUT2D eigenvalue weighted by molar-refractivity contribution is 0.330. The standard InChI is InChI=1S/C15H21N3O2S/c1-8-2-14(21(16,19)20)15(17-6-8)18-7-10-3-9-4-11(10)13-5-12(9)13/h2,6,9-13H,3-5,7H2,1H3,(H,17,18)(H2,16,19,20). The average molecular weight is 307 g/mol. The largest absolute Gasteiger partial charge is 0.369 e. The molecule has 4 rings (SSSR count). The van der Waals surface area contributed by atoms with Crippen molar-refractivity contribution in [2.75, 3.05) is 11.9 Å². The molecule has 0 radical (unpaired) electrons. The molecular weight excluding hydrogens is 286 g/mol. The first kappa shape index (κ1) is 13.5. The molecule has 3 aliphatic carbocycles. The molecule has 5 unspecified atom stereocenters. The highest BCUT2D eigenvalue weighted by Crippen LogP contribution is 2.67. The average Bonchev–Trinajstić information content (AvgIpc) is 3.03. The highest BCUT2D eigenvalue weighted by atomic mass is 32.2. The number of fused-ring (bicyclic) bond motifs is 5. The minimum absolute atomic E-state index is 0.106. The zero-order valence-electron chi connectivity index (χ0n) is 12.1. The van der Waals surface area contributed by atoms with Crippen LogP contribution in [0, 0.1) is 36.5 Å². The fraction of sp³-hybridized carbons (Fsp3) is 0.667. The fourth-order valence-corrected chi connectivity index (χ4v) is 5.44. The first-order chi connectivity index (χ1) is 9.93. The third-order valence-corrected chi connectivity index (χ3v) is 6.58. The van der Waals surface area contributed by atoms with Crippen molar-refractivity contribution in [1.82, 2.24) is 4.98 Å². The highest BCUT2D eigenvalue weighted by Gasteiger charge is 2.60. The number of aryl methyl sites for hydroxylation is 1. The number of aromatic nitrogens is 1. The number of rotatable bonds is 4. The second kappa shape index (κ2) is 4.43. The Balaban J connectivity index is 1.50. The maximum atomic E-state index is 11.7. The number of anilines is 1. The summed E-state index contributed by atoms with van der Waals surface area (Å²) in [6.07, 6.45) is 5.77. The van der Waals surface area contributed by atoms with Gasteiger partial charge >= 0.3 is 0 Å². The Morgan fingerprint density at radius 1 is 1.29 bits per heavy atom. The van der Waals surface area contributed by atoms with Crippen molar-refractivity contribution in [3.63, 3.8) is 0 Å². The van der Waals surface area contributed by atoms with E-state index in [1.54, 1.807) is 12.3 Å². The zero-order chi connectivity index (χ0) is 14.8. The minimum atomic E-state index is -3.74. The Morgan fingerprint density at radius 3 is 2.76 bits per heavy atom. The fourth-order valence-electron chi connectivity index (χ4n) is 4.70. The first-order valence-corrected chi connectivity index (χ1v) is 9.21. The first-order valence-electron chi connectivity index (χ1n) is 7.67. The zero-order valence-corrected chi connectivity index (χ0v) is 12.9. The van der Waals surface area contributed by atoms with Crippen molar-refractivity contribution >= 4 is 15.8 Å². The number of hydrogen-bond acceptors (Lipinski definition) is 4. The van der Waals surface area contributed by atoms with Gasteiger partial charge in [0.15, 0.2) is 0 Å². The molecule has 1 aromatic heterocycles. The summed E-state index contributed by atoms with van der Waals surface area (Å²) in [5.74, 6) is 4.81. The quantitative estimate of drug-likeness (QED) is 0.887. The molecule has 3 fully saturated rings. The van der Waals surface area contributed by atoms with Gasteiger partial charge in [-0.25, -0.2) is 18.5 Å². The summed E-state index contributed by atoms with van der Waals surface area (Å²) in [5.41, 5.74) is 0.797. The molecule has 2 bridgehead atoms. The monoisotopic (exact) mass is 307 g/mol. The van der Waals surface area contributed by atoms with E-state index in [2.05, 4.69) is 10.3 Å². The van der Waals surface area contributed by atoms with Gasteiger partial charge in [0.05, 0.1) is 0 Å². The number of hydrogen-bond donors (Lipinski definition) is 2. The molecular formula is C15H21N3O2S. The van der Waals surface area contributed by atoms with E-state index in [4.69, 9.17) is 5.14 Å². The molecule has 0 aromatic carbocycles. The summed E-state index contributed by atoms with van der Waals surface area (Å²) in [6, 6.07) is 1.59. The van der Waals surface area contributed by atoms with Crippen molar-refractivity contribution in [2.45, 2.75) is 31.1 Å². The second-order valence-corrected chi connectivity index (χ2v) is 8.53. The van der Waals surface area contributed by atoms with Crippen LogP contribution in [0.3, 0.4) is 0 Å². The van der Waals surface area contributed by atoms with E-state index in [-0.39, 0.29) is 4.90 Å². The van der Waals surface area contributed by atoms with Gasteiger partial charge in [-0.15, -0.1) is 0 Å². The topological polar surface area (TPSA) is 85.1 Å². The number of primary sulfonamides is 1. The van der Waals surface area contributed by atoms with E-state index < -0.39 is 10.0 Å². The van der Waals surface area contributed by atoms with E-state index in [0.717, 1.165) is 35.8 Å². The summed E-state index contributed by atoms with van der Waals surface area (Å²) in [6.45, 7) is 2.62. The molecule has 0 amide bonds. The van der Waals surface area contributed by atoms with Gasteiger partial charge in [0.1, 0.15) is 10.7 Å². The third-order valence-electron chi connectivity index (χ3n) is 5.66. The third kappa shape index (κ3) is 2.25. The number of sulfonamides is 1. The molecule has 3 N–H and O–H groups in total. The van der Waals surface area contributed by atoms with Gasteiger partial charge < -0.3 is 5.32 Å². The highest BCUT2D eigenvalue weighted by molar-refractivity contribution is 7.89. The van der Waals surface area contributed by atoms with Gasteiger partial charge in [-0.3, -0.25) is 0 Å². The van der Waals surface area contributed by atoms with Crippen LogP contribution in [0.5, 0.6) is 0 Å². The predicted molar refractivity (Wildman–Crippen MR) is 80.1 cm³/mol. The minimum Gasteiger partial charge on any atom is -0.369 e. The van der Waals surface area contributed by atoms with Gasteiger partial charge in [0.2, 0.25) is 10.0 Å². The summed E-state index contributed by atoms with van der Waals surface area (Å²) in [5, 5.41) is 8.53. The molecule has 21 heavy (non-hydrogen) atoms. The van der Waals surface area contributed by atoms with Crippen LogP contribution in [0.25, 0.3) is 0 Å². The Hall–Kier alpha value is -1.14. The lowest BCUT2D eigenvalue weighted by Gasteiger charge is -2.22. The molecule has 5 nitrogen and oxygen atoms in total. The second-order valence-electron chi connectivity index (χ2n) is 7.00. The summed E-state index contributed by atoms with van der Waals surface area (Å²) >= 11 is 0. The Labute approximate surface area is 125 Å². The Morgan fingerprint density at radius 2 is 2.10 bits per heavy atom. The summed E-state index contributed by atoms with van der Waals surface area (Å²) in [7, 11) is -3.74. The summed E-state index contributed by atoms with van der Waals surface area (Å²) in [4.78, 5) is 4.33. The van der Waals surface area contributed by atoms with E-state index in [0.29, 0.717) is 11.7 Å². The molecule has 114 valence electrons. The van der Waals surface area contributed by atoms with Crippen LogP contribution in [0.1, 0.15) is 24.8 Å². The van der Waals surface area contributed by atoms with Crippen LogP contribution < -0.4 is 10.5 Å². The molecule has 3 saturated carbocycles. The van der Waals surface area contributed by atoms with Gasteiger partial charge in [0, 0.05) is 12.7 Å². The lowest BCUT2D eigenvalue weighted by Crippen LogP contribution is -2.24. The lowest BCUT2D eigenvalue weighted by atomic mass is 9.88. The molecule has 1 aromatic rings. The van der Waals surface area contributed by atoms with Crippen LogP contribution in [-0.2, 0) is 10.0 Å². The van der Waals surface area contributed by atoms with Gasteiger partial charge in [-0.05, 0) is 67.4 Å². The number of nitrogens with two attached hydrogens (primary N) is 1. The van der Waals surface area contributed by atoms with Crippen LogP contribution in [0.2, 0.25) is 0 Å². The molecule has 0 aliphatic heterocycles. The van der Waals surface area contributed by atoms with E-state index in [9.17, 15) is 8.42 Å². The number of nitrogens with one attached hydrogen (secondary N) is 1. The van der Waals surface area contributed by atoms with Crippen LogP contribution in [0.15, 0.2) is 17.2 Å². The van der Waals surface area contributed by atoms with Gasteiger partial charge in [-0.2, -0.15) is 0 Å². The molecule has 5 atom stereocenters. The van der Waals surface area contributed by atoms with E-state index >= 15 is 0 Å². The van der Waals surface area contributed by atoms with Crippen molar-refractivity contribution < 1.29 is 8.42 Å². The molecule has 0 saturated heterocycles. The molecule has 1 heterocycles. The van der Waals surface area contributed by atoms with Crippen molar-refractivity contribution in [3.05, 3.63) is 17.8 Å². The van der Waals surface area contributed by atoms with Gasteiger partial charge in [0.25, 0.3) is 0 Å². The van der Waals surface area contributed by atoms with Crippen molar-refractivity contribution in [2.24, 2.45) is 34.7 Å². The SMILES string of the molecule is Cc1cnc(NCC2CC3CC2C2CC32)c(S(N)(=O)=O)c1. The Kier molecular flexibility index (Phi) is 2.85. The van der Waals surface area contributed by atoms with Gasteiger partial charge in [-0.1, -0.05) is 0 Å². The molecule has 6 heteroatoms. The van der Waals surface area contributed by atoms with Crippen molar-refractivity contribution in [1.29, 1.82) is 0 Å². The molecule has 3 aliphatic rings. The van der Waals surface area contributed by atoms with E-state index in [1.807, 2.05) is 6.92 Å². The number of pyridine rings is 1. The Bertz CT molecular complexity index is 688. The predicted octanol–water partition coefficient (Wildman–Crippen LogP) is 1.74. The van der Waals surface area contributed by atoms with Crippen LogP contribution >= 0.6 is 0 Å². The summed E-state index contributed by atoms with van der Waals surface area (Å²) < 4.78 is 23.4. The maximum Gasteiger partial charge on any atom is 0.241 e. The normalized spacial score (nSPS) is 36.6.